The van der Waals surface area contributed by atoms with Crippen molar-refractivity contribution in [1.29, 1.82) is 0 Å². The van der Waals surface area contributed by atoms with E-state index >= 15 is 0 Å². The van der Waals surface area contributed by atoms with Gasteiger partial charge in [0.05, 0.1) is 12.0 Å². The molecule has 30 heavy (non-hydrogen) atoms. The summed E-state index contributed by atoms with van der Waals surface area (Å²) < 4.78 is 68.5. The van der Waals surface area contributed by atoms with Crippen LogP contribution in [0.2, 0.25) is 0 Å². The maximum atomic E-state index is 13.3. The summed E-state index contributed by atoms with van der Waals surface area (Å²) >= 11 is 0. The van der Waals surface area contributed by atoms with Gasteiger partial charge in [-0.15, -0.1) is 0 Å². The van der Waals surface area contributed by atoms with Gasteiger partial charge in [0.2, 0.25) is 0 Å². The van der Waals surface area contributed by atoms with Gasteiger partial charge in [0.15, 0.2) is 9.84 Å². The normalized spacial score (nSPS) is 16.5. The molecule has 2 aromatic rings. The molecule has 0 saturated heterocycles. The van der Waals surface area contributed by atoms with Gasteiger partial charge in [0, 0.05) is 36.7 Å². The number of sulfone groups is 1. The highest BCUT2D eigenvalue weighted by Crippen LogP contribution is 2.47. The quantitative estimate of drug-likeness (QED) is 0.727. The van der Waals surface area contributed by atoms with Gasteiger partial charge < -0.3 is 9.64 Å². The van der Waals surface area contributed by atoms with Crippen molar-refractivity contribution in [2.75, 3.05) is 13.4 Å². The van der Waals surface area contributed by atoms with Gasteiger partial charge >= 0.3 is 6.18 Å². The zero-order valence-electron chi connectivity index (χ0n) is 16.3. The van der Waals surface area contributed by atoms with E-state index in [0.717, 1.165) is 31.4 Å². The molecule has 6 nitrogen and oxygen atoms in total. The number of carbonyl (C=O) groups is 1. The van der Waals surface area contributed by atoms with Crippen LogP contribution >= 0.6 is 0 Å². The predicted molar refractivity (Wildman–Crippen MR) is 101 cm³/mol. The summed E-state index contributed by atoms with van der Waals surface area (Å²) in [6.45, 7) is 0.101. The van der Waals surface area contributed by atoms with E-state index < -0.39 is 27.6 Å². The molecule has 160 valence electrons. The molecule has 2 heterocycles. The molecule has 0 unspecified atom stereocenters. The van der Waals surface area contributed by atoms with E-state index in [0.29, 0.717) is 22.4 Å². The molecule has 1 aliphatic carbocycles. The molecule has 0 radical (unpaired) electrons. The molecule has 0 atom stereocenters. The van der Waals surface area contributed by atoms with Crippen LogP contribution in [-0.2, 0) is 29.1 Å². The van der Waals surface area contributed by atoms with E-state index in [-0.39, 0.29) is 29.5 Å². The number of methoxy groups -OCH3 is 1. The Labute approximate surface area is 171 Å². The standard InChI is InChI=1S/C20H19F3N2O4S/c1-29-16-7-14(30(2,27)28)6-15(18(16)11-3-4-11)19(26)25-9-12-5-17(20(21,22)23)24-8-13(12)10-25/h5-8,11H,3-4,9-10H2,1-2H3. The number of rotatable bonds is 4. The fourth-order valence-electron chi connectivity index (χ4n) is 3.71. The SMILES string of the molecule is COc1cc(S(C)(=O)=O)cc(C(=O)N2Cc3cnc(C(F)(F)F)cc3C2)c1C1CC1. The van der Waals surface area contributed by atoms with Crippen molar-refractivity contribution in [1.82, 2.24) is 9.88 Å². The molecule has 1 amide bonds. The number of pyridine rings is 1. The molecule has 10 heteroatoms. The van der Waals surface area contributed by atoms with E-state index in [1.54, 1.807) is 0 Å². The smallest absolute Gasteiger partial charge is 0.433 e. The minimum Gasteiger partial charge on any atom is -0.496 e. The summed E-state index contributed by atoms with van der Waals surface area (Å²) in [4.78, 5) is 18.2. The monoisotopic (exact) mass is 440 g/mol. The lowest BCUT2D eigenvalue weighted by atomic mass is 10.0. The van der Waals surface area contributed by atoms with Gasteiger partial charge in [-0.2, -0.15) is 13.2 Å². The third-order valence-corrected chi connectivity index (χ3v) is 6.45. The number of amides is 1. The van der Waals surface area contributed by atoms with Crippen LogP contribution in [0.3, 0.4) is 0 Å². The predicted octanol–water partition coefficient (Wildman–Crippen LogP) is 3.55. The minimum absolute atomic E-state index is 0.00467. The first kappa shape index (κ1) is 20.6. The summed E-state index contributed by atoms with van der Waals surface area (Å²) in [5.74, 6) is -0.0112. The Morgan fingerprint density at radius 1 is 1.17 bits per heavy atom. The van der Waals surface area contributed by atoms with Gasteiger partial charge in [-0.05, 0) is 48.1 Å². The molecule has 1 aromatic carbocycles. The van der Waals surface area contributed by atoms with Gasteiger partial charge in [0.25, 0.3) is 5.91 Å². The van der Waals surface area contributed by atoms with Crippen LogP contribution < -0.4 is 4.74 Å². The van der Waals surface area contributed by atoms with Crippen molar-refractivity contribution in [3.63, 3.8) is 0 Å². The second-order valence-electron chi connectivity index (χ2n) is 7.63. The Balaban J connectivity index is 1.73. The van der Waals surface area contributed by atoms with Crippen molar-refractivity contribution in [2.24, 2.45) is 0 Å². The van der Waals surface area contributed by atoms with E-state index in [9.17, 15) is 26.4 Å². The van der Waals surface area contributed by atoms with Crippen molar-refractivity contribution in [3.05, 3.63) is 52.3 Å². The van der Waals surface area contributed by atoms with Crippen LogP contribution in [0.4, 0.5) is 13.2 Å². The molecule has 0 spiro atoms. The minimum atomic E-state index is -4.57. The molecule has 0 bridgehead atoms. The molecule has 0 N–H and O–H groups in total. The summed E-state index contributed by atoms with van der Waals surface area (Å²) in [5, 5.41) is 0. The molecular formula is C20H19F3N2O4S. The van der Waals surface area contributed by atoms with Crippen LogP contribution in [0.25, 0.3) is 0 Å². The molecule has 1 fully saturated rings. The maximum Gasteiger partial charge on any atom is 0.433 e. The van der Waals surface area contributed by atoms with Gasteiger partial charge in [0.1, 0.15) is 11.4 Å². The summed E-state index contributed by atoms with van der Waals surface area (Å²) in [7, 11) is -2.18. The first-order chi connectivity index (χ1) is 14.0. The summed E-state index contributed by atoms with van der Waals surface area (Å²) in [5.41, 5.74) is 0.782. The number of ether oxygens (including phenoxy) is 1. The van der Waals surface area contributed by atoms with Crippen LogP contribution in [0.5, 0.6) is 5.75 Å². The lowest BCUT2D eigenvalue weighted by Gasteiger charge is -2.20. The van der Waals surface area contributed by atoms with Crippen molar-refractivity contribution in [2.45, 2.75) is 42.9 Å². The molecule has 1 saturated carbocycles. The average molecular weight is 440 g/mol. The largest absolute Gasteiger partial charge is 0.496 e. The van der Waals surface area contributed by atoms with E-state index in [1.165, 1.54) is 24.1 Å². The highest BCUT2D eigenvalue weighted by atomic mass is 32.2. The zero-order chi connectivity index (χ0) is 21.8. The summed E-state index contributed by atoms with van der Waals surface area (Å²) in [6.07, 6.45) is -0.672. The molecule has 1 aliphatic heterocycles. The topological polar surface area (TPSA) is 76.6 Å². The number of aromatic nitrogens is 1. The molecule has 2 aliphatic rings. The van der Waals surface area contributed by atoms with Crippen molar-refractivity contribution in [3.8, 4) is 5.75 Å². The molecule has 1 aromatic heterocycles. The van der Waals surface area contributed by atoms with Gasteiger partial charge in [-0.3, -0.25) is 9.78 Å². The number of nitrogens with zero attached hydrogens (tertiary/aromatic N) is 2. The average Bonchev–Trinajstić information content (AvgIpc) is 3.42. The second kappa shape index (κ2) is 6.97. The fourth-order valence-corrected chi connectivity index (χ4v) is 4.36. The highest BCUT2D eigenvalue weighted by molar-refractivity contribution is 7.90. The Morgan fingerprint density at radius 3 is 2.40 bits per heavy atom. The number of hydrogen-bond acceptors (Lipinski definition) is 5. The van der Waals surface area contributed by atoms with E-state index in [1.807, 2.05) is 0 Å². The number of carbonyl (C=O) groups excluding carboxylic acids is 1. The third-order valence-electron chi connectivity index (χ3n) is 5.36. The number of halogens is 3. The second-order valence-corrected chi connectivity index (χ2v) is 9.65. The third kappa shape index (κ3) is 3.76. The van der Waals surface area contributed by atoms with Gasteiger partial charge in [-0.1, -0.05) is 0 Å². The van der Waals surface area contributed by atoms with Gasteiger partial charge in [-0.25, -0.2) is 8.42 Å². The molecule has 4 rings (SSSR count). The Kier molecular flexibility index (Phi) is 4.80. The lowest BCUT2D eigenvalue weighted by Crippen LogP contribution is -2.26. The Bertz CT molecular complexity index is 1140. The number of alkyl halides is 3. The lowest BCUT2D eigenvalue weighted by molar-refractivity contribution is -0.141. The number of fused-ring (bicyclic) bond motifs is 1. The Morgan fingerprint density at radius 2 is 1.83 bits per heavy atom. The van der Waals surface area contributed by atoms with Crippen molar-refractivity contribution < 1.29 is 31.1 Å². The number of benzene rings is 1. The van der Waals surface area contributed by atoms with Crippen LogP contribution in [0, 0.1) is 0 Å². The maximum absolute atomic E-state index is 13.3. The highest BCUT2D eigenvalue weighted by Gasteiger charge is 2.37. The van der Waals surface area contributed by atoms with Crippen LogP contribution in [0.1, 0.15) is 51.5 Å². The first-order valence-corrected chi connectivity index (χ1v) is 11.1. The van der Waals surface area contributed by atoms with Crippen LogP contribution in [-0.4, -0.2) is 37.6 Å². The Hall–Kier alpha value is -2.62. The summed E-state index contributed by atoms with van der Waals surface area (Å²) in [6, 6.07) is 3.71. The van der Waals surface area contributed by atoms with Crippen LogP contribution in [0.15, 0.2) is 29.3 Å². The number of hydrogen-bond donors (Lipinski definition) is 0. The van der Waals surface area contributed by atoms with Crippen molar-refractivity contribution >= 4 is 15.7 Å². The fraction of sp³-hybridized carbons (Fsp3) is 0.400. The van der Waals surface area contributed by atoms with E-state index in [4.69, 9.17) is 4.74 Å². The molecular weight excluding hydrogens is 421 g/mol. The van der Waals surface area contributed by atoms with E-state index in [2.05, 4.69) is 4.98 Å². The zero-order valence-corrected chi connectivity index (χ0v) is 17.1. The first-order valence-electron chi connectivity index (χ1n) is 9.25.